The Morgan fingerprint density at radius 2 is 1.73 bits per heavy atom. The molecule has 0 radical (unpaired) electrons. The van der Waals surface area contributed by atoms with Gasteiger partial charge in [0.15, 0.2) is 5.16 Å². The number of carbonyl (C=O) groups is 1. The summed E-state index contributed by atoms with van der Waals surface area (Å²) in [7, 11) is 0. The Kier molecular flexibility index (Phi) is 5.02. The van der Waals surface area contributed by atoms with Crippen molar-refractivity contribution in [2.24, 2.45) is 0 Å². The first-order valence-corrected chi connectivity index (χ1v) is 9.74. The molecule has 5 nitrogen and oxygen atoms in total. The highest BCUT2D eigenvalue weighted by Gasteiger charge is 2.31. The van der Waals surface area contributed by atoms with Gasteiger partial charge in [-0.15, -0.1) is 10.2 Å². The number of para-hydroxylation sites is 1. The third-order valence-corrected chi connectivity index (χ3v) is 5.21. The Morgan fingerprint density at radius 1 is 1.04 bits per heavy atom. The molecule has 26 heavy (non-hydrogen) atoms. The van der Waals surface area contributed by atoms with Crippen LogP contribution in [0.15, 0.2) is 65.8 Å². The predicted molar refractivity (Wildman–Crippen MR) is 102 cm³/mol. The highest BCUT2D eigenvalue weighted by atomic mass is 32.2. The van der Waals surface area contributed by atoms with Gasteiger partial charge in [-0.25, -0.2) is 0 Å². The zero-order chi connectivity index (χ0) is 17.8. The van der Waals surface area contributed by atoms with E-state index < -0.39 is 0 Å². The lowest BCUT2D eigenvalue weighted by Crippen LogP contribution is -2.24. The van der Waals surface area contributed by atoms with E-state index in [9.17, 15) is 4.79 Å². The maximum Gasteiger partial charge on any atom is 0.230 e. The van der Waals surface area contributed by atoms with E-state index in [-0.39, 0.29) is 5.91 Å². The highest BCUT2D eigenvalue weighted by molar-refractivity contribution is 7.99. The molecule has 0 bridgehead atoms. The van der Waals surface area contributed by atoms with Crippen molar-refractivity contribution in [2.75, 3.05) is 5.75 Å². The van der Waals surface area contributed by atoms with E-state index in [2.05, 4.69) is 32.2 Å². The summed E-state index contributed by atoms with van der Waals surface area (Å²) < 4.78 is 2.09. The lowest BCUT2D eigenvalue weighted by atomic mass is 10.2. The molecule has 0 saturated heterocycles. The van der Waals surface area contributed by atoms with Gasteiger partial charge in [0, 0.05) is 18.2 Å². The molecule has 6 heteroatoms. The summed E-state index contributed by atoms with van der Waals surface area (Å²) in [5, 5.41) is 12.5. The number of hydrogen-bond donors (Lipinski definition) is 1. The molecule has 1 N–H and O–H groups in total. The van der Waals surface area contributed by atoms with Crippen LogP contribution < -0.4 is 5.32 Å². The summed E-state index contributed by atoms with van der Waals surface area (Å²) in [5.74, 6) is 1.81. The number of benzene rings is 2. The second kappa shape index (κ2) is 7.74. The molecule has 2 aromatic carbocycles. The van der Waals surface area contributed by atoms with Crippen molar-refractivity contribution in [1.82, 2.24) is 20.1 Å². The summed E-state index contributed by atoms with van der Waals surface area (Å²) in [6, 6.07) is 20.0. The molecule has 1 aliphatic carbocycles. The van der Waals surface area contributed by atoms with Gasteiger partial charge in [0.25, 0.3) is 0 Å². The normalized spacial score (nSPS) is 13.5. The monoisotopic (exact) mass is 364 g/mol. The lowest BCUT2D eigenvalue weighted by molar-refractivity contribution is -0.118. The van der Waals surface area contributed by atoms with Crippen LogP contribution in [0.25, 0.3) is 5.69 Å². The van der Waals surface area contributed by atoms with Crippen LogP contribution in [0.3, 0.4) is 0 Å². The summed E-state index contributed by atoms with van der Waals surface area (Å²) >= 11 is 1.43. The number of hydrogen-bond acceptors (Lipinski definition) is 4. The summed E-state index contributed by atoms with van der Waals surface area (Å²) in [6.07, 6.45) is 2.32. The van der Waals surface area contributed by atoms with E-state index >= 15 is 0 Å². The smallest absolute Gasteiger partial charge is 0.230 e. The van der Waals surface area contributed by atoms with E-state index in [4.69, 9.17) is 0 Å². The number of carbonyl (C=O) groups excluding carboxylic acids is 1. The molecule has 0 spiro atoms. The Bertz CT molecular complexity index is 875. The zero-order valence-electron chi connectivity index (χ0n) is 14.3. The first-order chi connectivity index (χ1) is 12.8. The van der Waals surface area contributed by atoms with Gasteiger partial charge in [0.05, 0.1) is 5.75 Å². The van der Waals surface area contributed by atoms with Gasteiger partial charge >= 0.3 is 0 Å². The Hall–Kier alpha value is -2.60. The first kappa shape index (κ1) is 16.8. The van der Waals surface area contributed by atoms with Gasteiger partial charge < -0.3 is 5.32 Å². The average Bonchev–Trinajstić information content (AvgIpc) is 3.45. The third kappa shape index (κ3) is 3.96. The Balaban J connectivity index is 1.42. The van der Waals surface area contributed by atoms with Crippen molar-refractivity contribution in [1.29, 1.82) is 0 Å². The van der Waals surface area contributed by atoms with Gasteiger partial charge in [0.1, 0.15) is 5.82 Å². The molecule has 0 atom stereocenters. The molecular formula is C20H20N4OS. The molecule has 3 aromatic rings. The summed E-state index contributed by atoms with van der Waals surface area (Å²) in [5.41, 5.74) is 2.14. The first-order valence-electron chi connectivity index (χ1n) is 8.75. The minimum Gasteiger partial charge on any atom is -0.351 e. The molecule has 132 valence electrons. The SMILES string of the molecule is O=C(CSc1nnc(C2CC2)n1-c1ccccc1)NCc1ccccc1. The highest BCUT2D eigenvalue weighted by Crippen LogP contribution is 2.41. The topological polar surface area (TPSA) is 59.8 Å². The van der Waals surface area contributed by atoms with Crippen LogP contribution in [-0.4, -0.2) is 26.4 Å². The molecule has 4 rings (SSSR count). The minimum atomic E-state index is -0.00515. The minimum absolute atomic E-state index is 0.00515. The van der Waals surface area contributed by atoms with Gasteiger partial charge in [-0.3, -0.25) is 9.36 Å². The Labute approximate surface area is 156 Å². The Morgan fingerprint density at radius 3 is 2.42 bits per heavy atom. The molecule has 1 amide bonds. The summed E-state index contributed by atoms with van der Waals surface area (Å²) in [6.45, 7) is 0.541. The lowest BCUT2D eigenvalue weighted by Gasteiger charge is -2.10. The fraction of sp³-hybridized carbons (Fsp3) is 0.250. The van der Waals surface area contributed by atoms with E-state index in [1.54, 1.807) is 0 Å². The number of aromatic nitrogens is 3. The molecule has 1 saturated carbocycles. The van der Waals surface area contributed by atoms with Crippen molar-refractivity contribution >= 4 is 17.7 Å². The third-order valence-electron chi connectivity index (χ3n) is 4.28. The number of nitrogens with one attached hydrogen (secondary N) is 1. The molecule has 1 fully saturated rings. The van der Waals surface area contributed by atoms with E-state index in [1.807, 2.05) is 48.5 Å². The van der Waals surface area contributed by atoms with Crippen LogP contribution in [0.1, 0.15) is 30.1 Å². The van der Waals surface area contributed by atoms with E-state index in [0.717, 1.165) is 35.1 Å². The van der Waals surface area contributed by atoms with Crippen molar-refractivity contribution in [2.45, 2.75) is 30.5 Å². The molecule has 1 aliphatic rings. The van der Waals surface area contributed by atoms with Crippen LogP contribution in [0.2, 0.25) is 0 Å². The van der Waals surface area contributed by atoms with Crippen molar-refractivity contribution in [3.8, 4) is 5.69 Å². The van der Waals surface area contributed by atoms with Crippen molar-refractivity contribution < 1.29 is 4.79 Å². The molecule has 0 aliphatic heterocycles. The van der Waals surface area contributed by atoms with E-state index in [1.165, 1.54) is 11.8 Å². The van der Waals surface area contributed by atoms with Crippen LogP contribution in [0.4, 0.5) is 0 Å². The number of thioether (sulfide) groups is 1. The molecule has 1 aromatic heterocycles. The van der Waals surface area contributed by atoms with Crippen molar-refractivity contribution in [3.63, 3.8) is 0 Å². The maximum absolute atomic E-state index is 12.2. The van der Waals surface area contributed by atoms with Crippen LogP contribution in [-0.2, 0) is 11.3 Å². The van der Waals surface area contributed by atoms with E-state index in [0.29, 0.717) is 18.2 Å². The second-order valence-corrected chi connectivity index (χ2v) is 7.28. The number of nitrogens with zero attached hydrogens (tertiary/aromatic N) is 3. The average molecular weight is 364 g/mol. The van der Waals surface area contributed by atoms with Gasteiger partial charge in [-0.1, -0.05) is 60.3 Å². The largest absolute Gasteiger partial charge is 0.351 e. The van der Waals surface area contributed by atoms with Gasteiger partial charge in [-0.05, 0) is 30.5 Å². The molecule has 1 heterocycles. The fourth-order valence-corrected chi connectivity index (χ4v) is 3.57. The fourth-order valence-electron chi connectivity index (χ4n) is 2.78. The number of amides is 1. The van der Waals surface area contributed by atoms with Gasteiger partial charge in [0.2, 0.25) is 5.91 Å². The quantitative estimate of drug-likeness (QED) is 0.651. The summed E-state index contributed by atoms with van der Waals surface area (Å²) in [4.78, 5) is 12.2. The van der Waals surface area contributed by atoms with Crippen LogP contribution in [0.5, 0.6) is 0 Å². The predicted octanol–water partition coefficient (Wildman–Crippen LogP) is 3.55. The van der Waals surface area contributed by atoms with Crippen LogP contribution in [0, 0.1) is 0 Å². The van der Waals surface area contributed by atoms with Gasteiger partial charge in [-0.2, -0.15) is 0 Å². The second-order valence-electron chi connectivity index (χ2n) is 6.34. The molecular weight excluding hydrogens is 344 g/mol. The maximum atomic E-state index is 12.2. The molecule has 0 unspecified atom stereocenters. The van der Waals surface area contributed by atoms with Crippen molar-refractivity contribution in [3.05, 3.63) is 72.1 Å². The number of rotatable bonds is 7. The zero-order valence-corrected chi connectivity index (χ0v) is 15.2. The standard InChI is InChI=1S/C20H20N4OS/c25-18(21-13-15-7-3-1-4-8-15)14-26-20-23-22-19(16-11-12-16)24(20)17-9-5-2-6-10-17/h1-10,16H,11-14H2,(H,21,25). The van der Waals surface area contributed by atoms with Crippen LogP contribution >= 0.6 is 11.8 Å².